The van der Waals surface area contributed by atoms with Crippen molar-refractivity contribution in [3.8, 4) is 0 Å². The van der Waals surface area contributed by atoms with E-state index in [9.17, 15) is 4.79 Å². The van der Waals surface area contributed by atoms with Gasteiger partial charge in [-0.25, -0.2) is 9.78 Å². The number of hydrogen-bond acceptors (Lipinski definition) is 5. The van der Waals surface area contributed by atoms with Gasteiger partial charge in [-0.05, 0) is 37.7 Å². The van der Waals surface area contributed by atoms with Crippen molar-refractivity contribution in [1.82, 2.24) is 4.98 Å². The Hall–Kier alpha value is -1.78. The van der Waals surface area contributed by atoms with Gasteiger partial charge in [-0.15, -0.1) is 0 Å². The van der Waals surface area contributed by atoms with E-state index in [1.54, 1.807) is 12.3 Å². The predicted octanol–water partition coefficient (Wildman–Crippen LogP) is 2.86. The molecular weight excluding hydrogens is 266 g/mol. The molecule has 1 aliphatic carbocycles. The first-order valence-electron chi connectivity index (χ1n) is 7.63. The summed E-state index contributed by atoms with van der Waals surface area (Å²) in [5, 5.41) is 0. The average molecular weight is 291 g/mol. The van der Waals surface area contributed by atoms with Crippen LogP contribution < -0.4 is 10.6 Å². The largest absolute Gasteiger partial charge is 0.465 e. The van der Waals surface area contributed by atoms with E-state index in [1.807, 2.05) is 7.05 Å². The minimum Gasteiger partial charge on any atom is -0.465 e. The molecule has 21 heavy (non-hydrogen) atoms. The van der Waals surface area contributed by atoms with Crippen LogP contribution in [-0.2, 0) is 4.74 Å². The zero-order valence-corrected chi connectivity index (χ0v) is 13.1. The highest BCUT2D eigenvalue weighted by Gasteiger charge is 2.26. The third kappa shape index (κ3) is 3.46. The molecule has 0 spiro atoms. The first-order valence-corrected chi connectivity index (χ1v) is 7.63. The molecule has 5 heteroatoms. The first kappa shape index (κ1) is 15.6. The molecule has 0 atom stereocenters. The Kier molecular flexibility index (Phi) is 5.04. The van der Waals surface area contributed by atoms with Crippen molar-refractivity contribution >= 4 is 17.5 Å². The number of ether oxygens (including phenoxy) is 1. The van der Waals surface area contributed by atoms with E-state index in [2.05, 4.69) is 16.8 Å². The summed E-state index contributed by atoms with van der Waals surface area (Å²) in [5.41, 5.74) is 6.66. The van der Waals surface area contributed by atoms with E-state index in [-0.39, 0.29) is 5.97 Å². The lowest BCUT2D eigenvalue weighted by Gasteiger charge is -2.35. The van der Waals surface area contributed by atoms with Gasteiger partial charge in [-0.1, -0.05) is 13.3 Å². The fourth-order valence-electron chi connectivity index (χ4n) is 3.13. The van der Waals surface area contributed by atoms with E-state index in [1.165, 1.54) is 26.4 Å². The second kappa shape index (κ2) is 6.78. The van der Waals surface area contributed by atoms with Gasteiger partial charge in [-0.3, -0.25) is 0 Å². The second-order valence-corrected chi connectivity index (χ2v) is 5.83. The molecular formula is C16H25N3O2. The van der Waals surface area contributed by atoms with E-state index < -0.39 is 0 Å². The third-order valence-corrected chi connectivity index (χ3v) is 4.57. The Labute approximate surface area is 126 Å². The van der Waals surface area contributed by atoms with Crippen molar-refractivity contribution in [3.63, 3.8) is 0 Å². The standard InChI is InChI=1S/C16H25N3O2/c1-4-11-5-7-13(8-6-11)19(2)15-14(16(20)21-3)9-12(17)10-18-15/h9-11,13H,4-8,17H2,1-3H3. The molecule has 0 radical (unpaired) electrons. The quantitative estimate of drug-likeness (QED) is 0.864. The highest BCUT2D eigenvalue weighted by Crippen LogP contribution is 2.32. The summed E-state index contributed by atoms with van der Waals surface area (Å²) < 4.78 is 4.84. The zero-order valence-electron chi connectivity index (χ0n) is 13.1. The number of methoxy groups -OCH3 is 1. The zero-order chi connectivity index (χ0) is 15.4. The van der Waals surface area contributed by atoms with Gasteiger partial charge >= 0.3 is 5.97 Å². The van der Waals surface area contributed by atoms with Crippen molar-refractivity contribution < 1.29 is 9.53 Å². The topological polar surface area (TPSA) is 68.5 Å². The molecule has 1 heterocycles. The van der Waals surface area contributed by atoms with Crippen LogP contribution in [0, 0.1) is 5.92 Å². The first-order chi connectivity index (χ1) is 10.1. The van der Waals surface area contributed by atoms with E-state index in [4.69, 9.17) is 10.5 Å². The summed E-state index contributed by atoms with van der Waals surface area (Å²) in [6.45, 7) is 2.26. The fraction of sp³-hybridized carbons (Fsp3) is 0.625. The Balaban J connectivity index is 2.19. The molecule has 0 unspecified atom stereocenters. The normalized spacial score (nSPS) is 21.9. The lowest BCUT2D eigenvalue weighted by atomic mass is 9.84. The molecule has 1 fully saturated rings. The Morgan fingerprint density at radius 2 is 2.10 bits per heavy atom. The maximum absolute atomic E-state index is 11.9. The lowest BCUT2D eigenvalue weighted by molar-refractivity contribution is 0.0601. The van der Waals surface area contributed by atoms with Crippen molar-refractivity contribution in [3.05, 3.63) is 17.8 Å². The maximum atomic E-state index is 11.9. The minimum absolute atomic E-state index is 0.390. The molecule has 0 aliphatic heterocycles. The summed E-state index contributed by atoms with van der Waals surface area (Å²) >= 11 is 0. The number of rotatable bonds is 4. The van der Waals surface area contributed by atoms with Crippen LogP contribution in [0.2, 0.25) is 0 Å². The molecule has 2 rings (SSSR count). The number of nitrogens with zero attached hydrogens (tertiary/aromatic N) is 2. The van der Waals surface area contributed by atoms with Crippen LogP contribution in [0.5, 0.6) is 0 Å². The molecule has 5 nitrogen and oxygen atoms in total. The van der Waals surface area contributed by atoms with Gasteiger partial charge in [0.25, 0.3) is 0 Å². The van der Waals surface area contributed by atoms with Gasteiger partial charge in [0, 0.05) is 13.1 Å². The highest BCUT2D eigenvalue weighted by atomic mass is 16.5. The molecule has 1 saturated carbocycles. The van der Waals surface area contributed by atoms with Crippen molar-refractivity contribution in [2.24, 2.45) is 5.92 Å². The molecule has 0 aromatic carbocycles. The van der Waals surface area contributed by atoms with Gasteiger partial charge < -0.3 is 15.4 Å². The van der Waals surface area contributed by atoms with Crippen LogP contribution in [0.1, 0.15) is 49.4 Å². The second-order valence-electron chi connectivity index (χ2n) is 5.83. The third-order valence-electron chi connectivity index (χ3n) is 4.57. The molecule has 0 saturated heterocycles. The number of anilines is 2. The number of hydrogen-bond donors (Lipinski definition) is 1. The Morgan fingerprint density at radius 1 is 1.43 bits per heavy atom. The molecule has 1 aromatic heterocycles. The number of nitrogen functional groups attached to an aromatic ring is 1. The number of carbonyl (C=O) groups excluding carboxylic acids is 1. The summed E-state index contributed by atoms with van der Waals surface area (Å²) in [6, 6.07) is 2.06. The van der Waals surface area contributed by atoms with Crippen LogP contribution >= 0.6 is 0 Å². The number of carbonyl (C=O) groups is 1. The van der Waals surface area contributed by atoms with E-state index >= 15 is 0 Å². The molecule has 0 bridgehead atoms. The van der Waals surface area contributed by atoms with Gasteiger partial charge in [-0.2, -0.15) is 0 Å². The van der Waals surface area contributed by atoms with Crippen molar-refractivity contribution in [1.29, 1.82) is 0 Å². The Morgan fingerprint density at radius 3 is 2.67 bits per heavy atom. The number of pyridine rings is 1. The molecule has 1 aromatic rings. The van der Waals surface area contributed by atoms with Crippen molar-refractivity contribution in [2.45, 2.75) is 45.1 Å². The highest BCUT2D eigenvalue weighted by molar-refractivity contribution is 5.95. The smallest absolute Gasteiger partial charge is 0.341 e. The SMILES string of the molecule is CCC1CCC(N(C)c2ncc(N)cc2C(=O)OC)CC1. The van der Waals surface area contributed by atoms with Crippen LogP contribution in [0.3, 0.4) is 0 Å². The number of nitrogens with two attached hydrogens (primary N) is 1. The maximum Gasteiger partial charge on any atom is 0.341 e. The summed E-state index contributed by atoms with van der Waals surface area (Å²) in [4.78, 5) is 18.4. The van der Waals surface area contributed by atoms with E-state index in [0.717, 1.165) is 18.8 Å². The minimum atomic E-state index is -0.390. The van der Waals surface area contributed by atoms with Gasteiger partial charge in [0.15, 0.2) is 0 Å². The monoisotopic (exact) mass is 291 g/mol. The van der Waals surface area contributed by atoms with Crippen LogP contribution in [-0.4, -0.2) is 31.2 Å². The average Bonchev–Trinajstić information content (AvgIpc) is 2.53. The van der Waals surface area contributed by atoms with Crippen LogP contribution in [0.15, 0.2) is 12.3 Å². The summed E-state index contributed by atoms with van der Waals surface area (Å²) in [5.74, 6) is 1.11. The molecule has 1 aliphatic rings. The van der Waals surface area contributed by atoms with Crippen LogP contribution in [0.4, 0.5) is 11.5 Å². The summed E-state index contributed by atoms with van der Waals surface area (Å²) in [6.07, 6.45) is 7.62. The summed E-state index contributed by atoms with van der Waals surface area (Å²) in [7, 11) is 3.38. The molecule has 2 N–H and O–H groups in total. The van der Waals surface area contributed by atoms with Gasteiger partial charge in [0.05, 0.1) is 19.0 Å². The van der Waals surface area contributed by atoms with Gasteiger partial charge in [0.1, 0.15) is 11.4 Å². The molecule has 0 amide bonds. The van der Waals surface area contributed by atoms with Crippen LogP contribution in [0.25, 0.3) is 0 Å². The Bertz CT molecular complexity index is 496. The van der Waals surface area contributed by atoms with Crippen molar-refractivity contribution in [2.75, 3.05) is 24.8 Å². The number of aromatic nitrogens is 1. The predicted molar refractivity (Wildman–Crippen MR) is 84.4 cm³/mol. The van der Waals surface area contributed by atoms with Gasteiger partial charge in [0.2, 0.25) is 0 Å². The van der Waals surface area contributed by atoms with E-state index in [0.29, 0.717) is 23.1 Å². The lowest BCUT2D eigenvalue weighted by Crippen LogP contribution is -2.36. The fourth-order valence-corrected chi connectivity index (χ4v) is 3.13. The molecule has 116 valence electrons. The number of esters is 1.